The molecule has 232 valence electrons. The molecule has 0 amide bonds. The zero-order valence-corrected chi connectivity index (χ0v) is 23.3. The van der Waals surface area contributed by atoms with Gasteiger partial charge in [0.1, 0.15) is 12.4 Å². The largest absolute Gasteiger partial charge is 0.489 e. The molecule has 0 saturated carbocycles. The highest BCUT2D eigenvalue weighted by molar-refractivity contribution is 5.56. The summed E-state index contributed by atoms with van der Waals surface area (Å²) >= 11 is 0. The van der Waals surface area contributed by atoms with Gasteiger partial charge in [-0.25, -0.2) is 0 Å². The Balaban J connectivity index is 1.24. The first-order valence-corrected chi connectivity index (χ1v) is 13.6. The highest BCUT2D eigenvalue weighted by Gasteiger charge is 2.31. The van der Waals surface area contributed by atoms with Crippen LogP contribution in [-0.4, -0.2) is 58.8 Å². The van der Waals surface area contributed by atoms with Gasteiger partial charge in [0.15, 0.2) is 6.61 Å². The summed E-state index contributed by atoms with van der Waals surface area (Å²) in [5, 5.41) is 2.63. The lowest BCUT2D eigenvalue weighted by atomic mass is 10.2. The van der Waals surface area contributed by atoms with E-state index < -0.39 is 30.5 Å². The fraction of sp³-hybridized carbons (Fsp3) is 0.300. The summed E-state index contributed by atoms with van der Waals surface area (Å²) in [6.45, 7) is 1.53. The molecule has 14 heteroatoms. The normalized spacial score (nSPS) is 14.4. The molecule has 1 aromatic heterocycles. The summed E-state index contributed by atoms with van der Waals surface area (Å²) in [6.07, 6.45) is -9.23. The number of halogens is 6. The highest BCUT2D eigenvalue weighted by atomic mass is 19.4. The Hall–Kier alpha value is -4.59. The van der Waals surface area contributed by atoms with Crippen molar-refractivity contribution in [1.29, 1.82) is 0 Å². The minimum absolute atomic E-state index is 0.00135. The highest BCUT2D eigenvalue weighted by Crippen LogP contribution is 2.31. The van der Waals surface area contributed by atoms with Gasteiger partial charge in [0.25, 0.3) is 0 Å². The monoisotopic (exact) mass is 618 g/mol. The summed E-state index contributed by atoms with van der Waals surface area (Å²) < 4.78 is 88.7. The van der Waals surface area contributed by atoms with Crippen LogP contribution in [-0.2, 0) is 19.3 Å². The van der Waals surface area contributed by atoms with Crippen molar-refractivity contribution in [1.82, 2.24) is 19.9 Å². The van der Waals surface area contributed by atoms with Crippen LogP contribution in [0.4, 0.5) is 43.9 Å². The number of rotatable bonds is 10. The first kappa shape index (κ1) is 30.9. The van der Waals surface area contributed by atoms with Gasteiger partial charge < -0.3 is 19.7 Å². The molecule has 0 radical (unpaired) electrons. The van der Waals surface area contributed by atoms with Crippen molar-refractivity contribution in [2.24, 2.45) is 0 Å². The van der Waals surface area contributed by atoms with Crippen LogP contribution in [0.3, 0.4) is 0 Å². The van der Waals surface area contributed by atoms with Crippen molar-refractivity contribution in [2.45, 2.75) is 25.5 Å². The van der Waals surface area contributed by atoms with Crippen molar-refractivity contribution in [3.05, 3.63) is 95.6 Å². The zero-order valence-electron chi connectivity index (χ0n) is 23.3. The zero-order chi connectivity index (χ0) is 31.2. The lowest BCUT2D eigenvalue weighted by molar-refractivity contribution is -0.154. The SMILES string of the molecule is FC(F)(F)COc1nc(Nc2cccc(C(F)(F)F)c2)nc(N2CCN(Cc3cccc(OCc4ccccc4)c3)CC2)n1. The van der Waals surface area contributed by atoms with E-state index in [0.29, 0.717) is 39.3 Å². The third kappa shape index (κ3) is 8.96. The Labute approximate surface area is 249 Å². The Morgan fingerprint density at radius 1 is 0.727 bits per heavy atom. The maximum Gasteiger partial charge on any atom is 0.422 e. The third-order valence-corrected chi connectivity index (χ3v) is 6.62. The average molecular weight is 619 g/mol. The molecule has 1 aliphatic heterocycles. The molecule has 8 nitrogen and oxygen atoms in total. The number of hydrogen-bond donors (Lipinski definition) is 1. The number of alkyl halides is 6. The molecule has 0 unspecified atom stereocenters. The molecule has 3 aromatic carbocycles. The Morgan fingerprint density at radius 3 is 2.18 bits per heavy atom. The molecule has 2 heterocycles. The van der Waals surface area contributed by atoms with Crippen molar-refractivity contribution in [2.75, 3.05) is 43.0 Å². The van der Waals surface area contributed by atoms with Crippen molar-refractivity contribution in [3.8, 4) is 11.8 Å². The smallest absolute Gasteiger partial charge is 0.422 e. The topological polar surface area (TPSA) is 75.6 Å². The van der Waals surface area contributed by atoms with Crippen LogP contribution in [0, 0.1) is 0 Å². The van der Waals surface area contributed by atoms with Crippen LogP contribution in [0.15, 0.2) is 78.9 Å². The molecule has 1 N–H and O–H groups in total. The van der Waals surface area contributed by atoms with Crippen LogP contribution < -0.4 is 19.7 Å². The van der Waals surface area contributed by atoms with E-state index in [1.807, 2.05) is 54.6 Å². The summed E-state index contributed by atoms with van der Waals surface area (Å²) in [5.74, 6) is 0.547. The second-order valence-electron chi connectivity index (χ2n) is 10.0. The molecule has 0 atom stereocenters. The van der Waals surface area contributed by atoms with Gasteiger partial charge in [0, 0.05) is 38.4 Å². The molecule has 1 saturated heterocycles. The minimum atomic E-state index is -4.64. The van der Waals surface area contributed by atoms with Crippen LogP contribution >= 0.6 is 0 Å². The molecule has 5 rings (SSSR count). The standard InChI is InChI=1S/C30H28F6N6O2/c31-29(32,33)20-44-28-39-26(37-24-10-5-9-23(17-24)30(34,35)36)38-27(40-28)42-14-12-41(13-15-42)18-22-8-4-11-25(16-22)43-19-21-6-2-1-3-7-21/h1-11,16-17H,12-15,18-20H2,(H,37,38,39,40). The van der Waals surface area contributed by atoms with Crippen LogP contribution in [0.5, 0.6) is 11.8 Å². The van der Waals surface area contributed by atoms with Crippen LogP contribution in [0.2, 0.25) is 0 Å². The number of hydrogen-bond acceptors (Lipinski definition) is 8. The molecular weight excluding hydrogens is 590 g/mol. The fourth-order valence-corrected chi connectivity index (χ4v) is 4.50. The molecule has 44 heavy (non-hydrogen) atoms. The van der Waals surface area contributed by atoms with E-state index in [9.17, 15) is 26.3 Å². The first-order valence-electron chi connectivity index (χ1n) is 13.6. The lowest BCUT2D eigenvalue weighted by Crippen LogP contribution is -2.46. The van der Waals surface area contributed by atoms with Gasteiger partial charge in [-0.2, -0.15) is 41.3 Å². The summed E-state index contributed by atoms with van der Waals surface area (Å²) in [7, 11) is 0. The predicted molar refractivity (Wildman–Crippen MR) is 151 cm³/mol. The second kappa shape index (κ2) is 13.4. The van der Waals surface area contributed by atoms with Crippen molar-refractivity contribution in [3.63, 3.8) is 0 Å². The molecular formula is C30H28F6N6O2. The molecule has 1 fully saturated rings. The summed E-state index contributed by atoms with van der Waals surface area (Å²) in [5.41, 5.74) is 1.21. The van der Waals surface area contributed by atoms with Gasteiger partial charge in [-0.1, -0.05) is 48.5 Å². The number of aromatic nitrogens is 3. The number of nitrogens with zero attached hydrogens (tertiary/aromatic N) is 5. The van der Waals surface area contributed by atoms with Gasteiger partial charge in [-0.3, -0.25) is 4.90 Å². The third-order valence-electron chi connectivity index (χ3n) is 6.62. The van der Waals surface area contributed by atoms with Crippen molar-refractivity contribution >= 4 is 17.6 Å². The first-order chi connectivity index (χ1) is 21.0. The van der Waals surface area contributed by atoms with Gasteiger partial charge in [-0.05, 0) is 41.5 Å². The number of nitrogens with one attached hydrogen (secondary N) is 1. The summed E-state index contributed by atoms with van der Waals surface area (Å²) in [4.78, 5) is 16.1. The molecule has 0 spiro atoms. The van der Waals surface area contributed by atoms with E-state index in [1.165, 1.54) is 12.1 Å². The van der Waals surface area contributed by atoms with Gasteiger partial charge >= 0.3 is 18.4 Å². The summed E-state index contributed by atoms with van der Waals surface area (Å²) in [6, 6.07) is 21.3. The van der Waals surface area contributed by atoms with E-state index in [0.717, 1.165) is 29.0 Å². The van der Waals surface area contributed by atoms with E-state index in [1.54, 1.807) is 4.90 Å². The Bertz CT molecular complexity index is 1530. The average Bonchev–Trinajstić information content (AvgIpc) is 2.99. The van der Waals surface area contributed by atoms with E-state index >= 15 is 0 Å². The predicted octanol–water partition coefficient (Wildman–Crippen LogP) is 6.48. The molecule has 0 bridgehead atoms. The van der Waals surface area contributed by atoms with Crippen LogP contribution in [0.1, 0.15) is 16.7 Å². The molecule has 0 aliphatic carbocycles. The van der Waals surface area contributed by atoms with E-state index in [-0.39, 0.29) is 17.6 Å². The van der Waals surface area contributed by atoms with Crippen molar-refractivity contribution < 1.29 is 35.8 Å². The number of piperazine rings is 1. The lowest BCUT2D eigenvalue weighted by Gasteiger charge is -2.34. The van der Waals surface area contributed by atoms with Gasteiger partial charge in [0.2, 0.25) is 11.9 Å². The molecule has 4 aromatic rings. The second-order valence-corrected chi connectivity index (χ2v) is 10.0. The quantitative estimate of drug-likeness (QED) is 0.203. The Morgan fingerprint density at radius 2 is 1.45 bits per heavy atom. The molecule has 1 aliphatic rings. The van der Waals surface area contributed by atoms with E-state index in [2.05, 4.69) is 25.2 Å². The van der Waals surface area contributed by atoms with Crippen LogP contribution in [0.25, 0.3) is 0 Å². The number of benzene rings is 3. The number of ether oxygens (including phenoxy) is 2. The number of anilines is 3. The minimum Gasteiger partial charge on any atom is -0.489 e. The van der Waals surface area contributed by atoms with Gasteiger partial charge in [-0.15, -0.1) is 0 Å². The van der Waals surface area contributed by atoms with Gasteiger partial charge in [0.05, 0.1) is 5.56 Å². The Kier molecular flexibility index (Phi) is 9.37. The fourth-order valence-electron chi connectivity index (χ4n) is 4.50. The maximum atomic E-state index is 13.2. The van der Waals surface area contributed by atoms with E-state index in [4.69, 9.17) is 9.47 Å². The maximum absolute atomic E-state index is 13.2.